The molecular weight excluding hydrogens is 336 g/mol. The van der Waals surface area contributed by atoms with Gasteiger partial charge in [-0.15, -0.1) is 0 Å². The molecule has 1 aromatic carbocycles. The molecule has 0 N–H and O–H groups in total. The van der Waals surface area contributed by atoms with Gasteiger partial charge in [0.2, 0.25) is 0 Å². The molecule has 0 aliphatic carbocycles. The zero-order chi connectivity index (χ0) is 17.1. The van der Waals surface area contributed by atoms with Crippen LogP contribution in [0.1, 0.15) is 5.56 Å². The molecule has 0 aromatic heterocycles. The van der Waals surface area contributed by atoms with Crippen LogP contribution in [-0.2, 0) is 0 Å². The van der Waals surface area contributed by atoms with Crippen LogP contribution in [0.4, 0.5) is 43.9 Å². The number of aliphatic imine (C=N–C) groups is 1. The molecule has 1 aromatic rings. The molecule has 0 fully saturated rings. The summed E-state index contributed by atoms with van der Waals surface area (Å²) in [5, 5.41) is 0. The maximum absolute atomic E-state index is 13.5. The third kappa shape index (κ3) is 1.90. The summed E-state index contributed by atoms with van der Waals surface area (Å²) in [7, 11) is 0. The van der Waals surface area contributed by atoms with Gasteiger partial charge in [-0.05, 0) is 12.1 Å². The Bertz CT molecular complexity index is 648. The summed E-state index contributed by atoms with van der Waals surface area (Å²) in [6, 6.07) is -5.57. The minimum Gasteiger partial charge on any atom is -0.208 e. The van der Waals surface area contributed by atoms with E-state index >= 15 is 0 Å². The molecule has 1 aliphatic heterocycles. The van der Waals surface area contributed by atoms with Crippen LogP contribution in [0.2, 0.25) is 0 Å². The van der Waals surface area contributed by atoms with E-state index < -0.39 is 46.7 Å². The summed E-state index contributed by atoms with van der Waals surface area (Å²) in [5.74, 6) is -22.2. The van der Waals surface area contributed by atoms with Crippen molar-refractivity contribution in [2.45, 2.75) is 23.8 Å². The molecule has 0 amide bonds. The standard InChI is InChI=1S/C11H3F10N/c12-4-1-2-5(6(13)3-4)7-8(14,15)9(16,17)10(18,19)11(20,21)22-7/h1-3H. The molecule has 1 heterocycles. The highest BCUT2D eigenvalue weighted by atomic mass is 19.4. The van der Waals surface area contributed by atoms with E-state index in [1.165, 1.54) is 0 Å². The van der Waals surface area contributed by atoms with E-state index in [9.17, 15) is 43.9 Å². The van der Waals surface area contributed by atoms with Crippen LogP contribution < -0.4 is 0 Å². The number of alkyl halides is 8. The van der Waals surface area contributed by atoms with Crippen molar-refractivity contribution in [3.63, 3.8) is 0 Å². The average Bonchev–Trinajstić information content (AvgIpc) is 2.34. The Balaban J connectivity index is 2.77. The molecule has 1 nitrogen and oxygen atoms in total. The number of nitrogens with zero attached hydrogens (tertiary/aromatic N) is 1. The van der Waals surface area contributed by atoms with E-state index in [-0.39, 0.29) is 12.1 Å². The highest BCUT2D eigenvalue weighted by Crippen LogP contribution is 2.57. The minimum atomic E-state index is -6.54. The van der Waals surface area contributed by atoms with E-state index in [0.29, 0.717) is 6.07 Å². The molecule has 11 heteroatoms. The van der Waals surface area contributed by atoms with Crippen LogP contribution in [0, 0.1) is 11.6 Å². The molecule has 0 saturated carbocycles. The van der Waals surface area contributed by atoms with Crippen molar-refractivity contribution in [2.24, 2.45) is 4.99 Å². The summed E-state index contributed by atoms with van der Waals surface area (Å²) in [6.45, 7) is 0. The summed E-state index contributed by atoms with van der Waals surface area (Å²) in [6.07, 6.45) is 0. The first-order valence-corrected chi connectivity index (χ1v) is 5.33. The van der Waals surface area contributed by atoms with Gasteiger partial charge < -0.3 is 0 Å². The SMILES string of the molecule is Fc1ccc(C2=NC(F)(F)C(F)(F)C(F)(F)C2(F)F)c(F)c1. The van der Waals surface area contributed by atoms with Crippen LogP contribution in [0.25, 0.3) is 0 Å². The molecule has 122 valence electrons. The molecule has 22 heavy (non-hydrogen) atoms. The predicted octanol–water partition coefficient (Wildman–Crippen LogP) is 4.27. The second-order valence-electron chi connectivity index (χ2n) is 4.35. The Morgan fingerprint density at radius 1 is 0.773 bits per heavy atom. The first kappa shape index (κ1) is 16.6. The first-order chi connectivity index (χ1) is 9.75. The number of halogens is 10. The zero-order valence-electron chi connectivity index (χ0n) is 9.96. The zero-order valence-corrected chi connectivity index (χ0v) is 9.96. The quantitative estimate of drug-likeness (QED) is 0.535. The summed E-state index contributed by atoms with van der Waals surface area (Å²) < 4.78 is 131. The van der Waals surface area contributed by atoms with E-state index in [0.717, 1.165) is 0 Å². The normalized spacial score (nSPS) is 24.7. The first-order valence-electron chi connectivity index (χ1n) is 5.33. The predicted molar refractivity (Wildman–Crippen MR) is 52.7 cm³/mol. The second-order valence-corrected chi connectivity index (χ2v) is 4.35. The highest BCUT2D eigenvalue weighted by molar-refractivity contribution is 6.07. The molecule has 0 saturated heterocycles. The minimum absolute atomic E-state index is 0.0725. The fourth-order valence-corrected chi connectivity index (χ4v) is 1.73. The van der Waals surface area contributed by atoms with Gasteiger partial charge in [0.1, 0.15) is 17.3 Å². The lowest BCUT2D eigenvalue weighted by Gasteiger charge is -2.39. The lowest BCUT2D eigenvalue weighted by molar-refractivity contribution is -0.357. The summed E-state index contributed by atoms with van der Waals surface area (Å²) in [4.78, 5) is 1.62. The van der Waals surface area contributed by atoms with Crippen LogP contribution in [0.5, 0.6) is 0 Å². The average molecular weight is 339 g/mol. The Hall–Kier alpha value is -1.81. The van der Waals surface area contributed by atoms with E-state index in [2.05, 4.69) is 0 Å². The van der Waals surface area contributed by atoms with Gasteiger partial charge in [-0.2, -0.15) is 35.1 Å². The van der Waals surface area contributed by atoms with Crippen LogP contribution in [-0.4, -0.2) is 29.5 Å². The van der Waals surface area contributed by atoms with Gasteiger partial charge in [-0.1, -0.05) is 0 Å². The molecular formula is C11H3F10N. The van der Waals surface area contributed by atoms with Gasteiger partial charge in [-0.3, -0.25) is 0 Å². The number of rotatable bonds is 1. The molecule has 0 bridgehead atoms. The van der Waals surface area contributed by atoms with Crippen molar-refractivity contribution in [1.29, 1.82) is 0 Å². The largest absolute Gasteiger partial charge is 0.412 e. The maximum Gasteiger partial charge on any atom is 0.412 e. The van der Waals surface area contributed by atoms with Gasteiger partial charge in [0.25, 0.3) is 0 Å². The number of hydrogen-bond donors (Lipinski definition) is 0. The Kier molecular flexibility index (Phi) is 3.28. The third-order valence-corrected chi connectivity index (χ3v) is 2.90. The highest BCUT2D eigenvalue weighted by Gasteiger charge is 2.85. The van der Waals surface area contributed by atoms with Gasteiger partial charge in [0.05, 0.1) is 0 Å². The van der Waals surface area contributed by atoms with Gasteiger partial charge >= 0.3 is 23.8 Å². The third-order valence-electron chi connectivity index (χ3n) is 2.90. The maximum atomic E-state index is 13.5. The summed E-state index contributed by atoms with van der Waals surface area (Å²) in [5.41, 5.74) is -4.23. The Labute approximate surface area is 115 Å². The smallest absolute Gasteiger partial charge is 0.208 e. The molecule has 1 aliphatic rings. The topological polar surface area (TPSA) is 12.4 Å². The monoisotopic (exact) mass is 339 g/mol. The lowest BCUT2D eigenvalue weighted by atomic mass is 9.90. The van der Waals surface area contributed by atoms with E-state index in [1.807, 2.05) is 0 Å². The van der Waals surface area contributed by atoms with Crippen molar-refractivity contribution in [3.05, 3.63) is 35.4 Å². The molecule has 0 spiro atoms. The van der Waals surface area contributed by atoms with Crippen molar-refractivity contribution < 1.29 is 43.9 Å². The second kappa shape index (κ2) is 4.35. The lowest BCUT2D eigenvalue weighted by Crippen LogP contribution is -2.68. The van der Waals surface area contributed by atoms with Gasteiger partial charge in [0, 0.05) is 11.6 Å². The van der Waals surface area contributed by atoms with Crippen LogP contribution in [0.15, 0.2) is 23.2 Å². The van der Waals surface area contributed by atoms with Crippen LogP contribution >= 0.6 is 0 Å². The fourth-order valence-electron chi connectivity index (χ4n) is 1.73. The molecule has 0 atom stereocenters. The van der Waals surface area contributed by atoms with Crippen LogP contribution in [0.3, 0.4) is 0 Å². The van der Waals surface area contributed by atoms with Gasteiger partial charge in [-0.25, -0.2) is 13.8 Å². The van der Waals surface area contributed by atoms with Crippen molar-refractivity contribution in [1.82, 2.24) is 0 Å². The van der Waals surface area contributed by atoms with E-state index in [1.54, 1.807) is 4.99 Å². The molecule has 0 unspecified atom stereocenters. The van der Waals surface area contributed by atoms with Crippen molar-refractivity contribution in [3.8, 4) is 0 Å². The number of hydrogen-bond acceptors (Lipinski definition) is 1. The van der Waals surface area contributed by atoms with E-state index in [4.69, 9.17) is 0 Å². The number of benzene rings is 1. The van der Waals surface area contributed by atoms with Crippen molar-refractivity contribution in [2.75, 3.05) is 0 Å². The fraction of sp³-hybridized carbons (Fsp3) is 0.364. The van der Waals surface area contributed by atoms with Gasteiger partial charge in [0.15, 0.2) is 0 Å². The molecule has 0 radical (unpaired) electrons. The Morgan fingerprint density at radius 3 is 1.82 bits per heavy atom. The summed E-state index contributed by atoms with van der Waals surface area (Å²) >= 11 is 0. The Morgan fingerprint density at radius 2 is 1.32 bits per heavy atom. The molecule has 2 rings (SSSR count). The van der Waals surface area contributed by atoms with Crippen molar-refractivity contribution >= 4 is 5.71 Å².